The molecule has 8 aromatic rings. The number of aromatic nitrogens is 3. The van der Waals surface area contributed by atoms with Crippen LogP contribution in [0.5, 0.6) is 0 Å². The van der Waals surface area contributed by atoms with Crippen molar-refractivity contribution in [1.29, 1.82) is 0 Å². The van der Waals surface area contributed by atoms with E-state index < -0.39 is 0 Å². The molecule has 0 aliphatic heterocycles. The van der Waals surface area contributed by atoms with Crippen molar-refractivity contribution in [1.82, 2.24) is 15.0 Å². The largest absolute Gasteiger partial charge is 0.255 e. The molecule has 0 radical (unpaired) electrons. The summed E-state index contributed by atoms with van der Waals surface area (Å²) in [5, 5.41) is 0. The topological polar surface area (TPSA) is 38.7 Å². The first-order chi connectivity index (χ1) is 24.3. The highest BCUT2D eigenvalue weighted by Gasteiger charge is 2.51. The molecular weight excluding hydrogens is 595 g/mol. The molecule has 0 bridgehead atoms. The van der Waals surface area contributed by atoms with E-state index in [9.17, 15) is 0 Å². The molecule has 0 fully saturated rings. The Morgan fingerprint density at radius 3 is 1.51 bits per heavy atom. The van der Waals surface area contributed by atoms with Crippen LogP contribution in [0.25, 0.3) is 67.4 Å². The lowest BCUT2D eigenvalue weighted by atomic mass is 9.70. The van der Waals surface area contributed by atoms with Crippen molar-refractivity contribution in [2.24, 2.45) is 0 Å². The van der Waals surface area contributed by atoms with Gasteiger partial charge in [-0.25, -0.2) is 9.97 Å². The van der Waals surface area contributed by atoms with Gasteiger partial charge < -0.3 is 0 Å². The molecule has 3 heteroatoms. The summed E-state index contributed by atoms with van der Waals surface area (Å²) in [4.78, 5) is 14.5. The lowest BCUT2D eigenvalue weighted by molar-refractivity contribution is 0.794. The summed E-state index contributed by atoms with van der Waals surface area (Å²) in [6.45, 7) is 0. The maximum Gasteiger partial charge on any atom is 0.160 e. The Bertz CT molecular complexity index is 2430. The second-order valence-corrected chi connectivity index (χ2v) is 12.8. The van der Waals surface area contributed by atoms with Gasteiger partial charge in [0.2, 0.25) is 0 Å². The molecular formula is C46H29N3. The normalized spacial score (nSPS) is 13.1. The van der Waals surface area contributed by atoms with E-state index in [1.807, 2.05) is 54.6 Å². The summed E-state index contributed by atoms with van der Waals surface area (Å²) in [6, 6.07) is 60.7. The Morgan fingerprint density at radius 2 is 0.857 bits per heavy atom. The zero-order chi connectivity index (χ0) is 32.4. The van der Waals surface area contributed by atoms with E-state index in [-0.39, 0.29) is 5.41 Å². The standard InChI is InChI=1S/C46H29N3/c1-2-12-32(13-3-1)45-48-43(29-44(49-45)42-20-10-11-27-47-42)31-23-21-30(22-24-31)33-25-26-41-37(28-33)36-16-6-9-19-40(36)46(41)38-17-7-4-14-34(38)35-15-5-8-18-39(35)46/h1-29H. The Morgan fingerprint density at radius 1 is 0.327 bits per heavy atom. The van der Waals surface area contributed by atoms with Crippen LogP contribution >= 0.6 is 0 Å². The number of nitrogens with zero attached hydrogens (tertiary/aromatic N) is 3. The Kier molecular flexibility index (Phi) is 6.09. The average Bonchev–Trinajstić information content (AvgIpc) is 3.65. The van der Waals surface area contributed by atoms with Crippen LogP contribution in [0.2, 0.25) is 0 Å². The van der Waals surface area contributed by atoms with Gasteiger partial charge in [0.15, 0.2) is 5.82 Å². The smallest absolute Gasteiger partial charge is 0.160 e. The minimum Gasteiger partial charge on any atom is -0.255 e. The fourth-order valence-electron chi connectivity index (χ4n) is 8.07. The highest BCUT2D eigenvalue weighted by Crippen LogP contribution is 2.62. The van der Waals surface area contributed by atoms with Gasteiger partial charge in [-0.3, -0.25) is 4.98 Å². The molecule has 0 atom stereocenters. The number of benzene rings is 6. The fourth-order valence-corrected chi connectivity index (χ4v) is 8.07. The van der Waals surface area contributed by atoms with Gasteiger partial charge in [-0.1, -0.05) is 146 Å². The van der Waals surface area contributed by atoms with E-state index in [1.165, 1.54) is 55.6 Å². The molecule has 3 nitrogen and oxygen atoms in total. The van der Waals surface area contributed by atoms with Gasteiger partial charge in [-0.05, 0) is 79.9 Å². The Labute approximate surface area is 285 Å². The van der Waals surface area contributed by atoms with Gasteiger partial charge >= 0.3 is 0 Å². The highest BCUT2D eigenvalue weighted by molar-refractivity contribution is 5.96. The molecule has 10 rings (SSSR count). The second kappa shape index (κ2) is 10.8. The molecule has 2 aliphatic rings. The van der Waals surface area contributed by atoms with Crippen molar-refractivity contribution in [3.63, 3.8) is 0 Å². The lowest BCUT2D eigenvalue weighted by Crippen LogP contribution is -2.25. The molecule has 0 N–H and O–H groups in total. The molecule has 1 spiro atoms. The van der Waals surface area contributed by atoms with E-state index in [4.69, 9.17) is 9.97 Å². The van der Waals surface area contributed by atoms with Crippen molar-refractivity contribution in [2.75, 3.05) is 0 Å². The molecule has 0 amide bonds. The minimum atomic E-state index is -0.323. The summed E-state index contributed by atoms with van der Waals surface area (Å²) in [5.74, 6) is 0.684. The molecule has 2 aliphatic carbocycles. The van der Waals surface area contributed by atoms with Crippen LogP contribution < -0.4 is 0 Å². The van der Waals surface area contributed by atoms with Crippen molar-refractivity contribution in [3.05, 3.63) is 198 Å². The molecule has 49 heavy (non-hydrogen) atoms. The van der Waals surface area contributed by atoms with Gasteiger partial charge in [0.1, 0.15) is 0 Å². The van der Waals surface area contributed by atoms with Gasteiger partial charge in [-0.15, -0.1) is 0 Å². The first-order valence-electron chi connectivity index (χ1n) is 16.7. The highest BCUT2D eigenvalue weighted by atomic mass is 14.9. The number of rotatable bonds is 4. The van der Waals surface area contributed by atoms with Gasteiger partial charge in [0.25, 0.3) is 0 Å². The maximum absolute atomic E-state index is 5.01. The third-order valence-corrected chi connectivity index (χ3v) is 10.2. The van der Waals surface area contributed by atoms with E-state index >= 15 is 0 Å². The van der Waals surface area contributed by atoms with Crippen LogP contribution in [0, 0.1) is 0 Å². The lowest BCUT2D eigenvalue weighted by Gasteiger charge is -2.30. The van der Waals surface area contributed by atoms with Gasteiger partial charge in [0.05, 0.1) is 22.5 Å². The molecule has 2 heterocycles. The number of hydrogen-bond acceptors (Lipinski definition) is 3. The monoisotopic (exact) mass is 623 g/mol. The third-order valence-electron chi connectivity index (χ3n) is 10.2. The quantitative estimate of drug-likeness (QED) is 0.196. The number of fused-ring (bicyclic) bond motifs is 10. The zero-order valence-corrected chi connectivity index (χ0v) is 26.6. The maximum atomic E-state index is 5.01. The summed E-state index contributed by atoms with van der Waals surface area (Å²) in [6.07, 6.45) is 1.80. The van der Waals surface area contributed by atoms with E-state index in [0.717, 1.165) is 28.2 Å². The minimum absolute atomic E-state index is 0.323. The summed E-state index contributed by atoms with van der Waals surface area (Å²) >= 11 is 0. The number of pyridine rings is 1. The fraction of sp³-hybridized carbons (Fsp3) is 0.0217. The van der Waals surface area contributed by atoms with Crippen molar-refractivity contribution < 1.29 is 0 Å². The Hall–Kier alpha value is -6.45. The van der Waals surface area contributed by atoms with Crippen molar-refractivity contribution in [3.8, 4) is 67.4 Å². The molecule has 228 valence electrons. The van der Waals surface area contributed by atoms with Crippen LogP contribution in [0.15, 0.2) is 176 Å². The van der Waals surface area contributed by atoms with Crippen molar-refractivity contribution in [2.45, 2.75) is 5.41 Å². The average molecular weight is 624 g/mol. The molecule has 0 saturated carbocycles. The zero-order valence-electron chi connectivity index (χ0n) is 26.6. The van der Waals surface area contributed by atoms with Crippen LogP contribution in [-0.2, 0) is 5.41 Å². The van der Waals surface area contributed by atoms with Crippen LogP contribution in [-0.4, -0.2) is 15.0 Å². The summed E-state index contributed by atoms with van der Waals surface area (Å²) < 4.78 is 0. The first kappa shape index (κ1) is 27.6. The van der Waals surface area contributed by atoms with Crippen LogP contribution in [0.1, 0.15) is 22.3 Å². The predicted molar refractivity (Wildman–Crippen MR) is 198 cm³/mol. The van der Waals surface area contributed by atoms with E-state index in [2.05, 4.69) is 120 Å². The molecule has 0 saturated heterocycles. The summed E-state index contributed by atoms with van der Waals surface area (Å²) in [5.41, 5.74) is 17.2. The van der Waals surface area contributed by atoms with Crippen molar-refractivity contribution >= 4 is 0 Å². The molecule has 2 aromatic heterocycles. The van der Waals surface area contributed by atoms with E-state index in [1.54, 1.807) is 6.20 Å². The van der Waals surface area contributed by atoms with E-state index in [0.29, 0.717) is 5.82 Å². The predicted octanol–water partition coefficient (Wildman–Crippen LogP) is 10.9. The van der Waals surface area contributed by atoms with Gasteiger partial charge in [0, 0.05) is 17.3 Å². The van der Waals surface area contributed by atoms with Gasteiger partial charge in [-0.2, -0.15) is 0 Å². The first-order valence-corrected chi connectivity index (χ1v) is 16.7. The molecule has 0 unspecified atom stereocenters. The van der Waals surface area contributed by atoms with Crippen LogP contribution in [0.3, 0.4) is 0 Å². The second-order valence-electron chi connectivity index (χ2n) is 12.8. The van der Waals surface area contributed by atoms with Crippen LogP contribution in [0.4, 0.5) is 0 Å². The summed E-state index contributed by atoms with van der Waals surface area (Å²) in [7, 11) is 0. The SMILES string of the molecule is c1ccc(-c2nc(-c3ccc(-c4ccc5c(c4)-c4ccccc4C54c5ccccc5-c5ccccc54)cc3)cc(-c3ccccn3)n2)cc1. The number of hydrogen-bond donors (Lipinski definition) is 0. The molecule has 6 aromatic carbocycles. The third kappa shape index (κ3) is 4.12. The Balaban J connectivity index is 1.08.